The lowest BCUT2D eigenvalue weighted by Gasteiger charge is -2.29. The number of piperidine rings is 1. The van der Waals surface area contributed by atoms with Crippen LogP contribution in [0.25, 0.3) is 0 Å². The molecule has 1 amide bonds. The second-order valence-electron chi connectivity index (χ2n) is 6.24. The van der Waals surface area contributed by atoms with E-state index in [4.69, 9.17) is 9.47 Å². The molecule has 5 nitrogen and oxygen atoms in total. The van der Waals surface area contributed by atoms with Crippen molar-refractivity contribution in [2.45, 2.75) is 50.2 Å². The molecule has 0 spiro atoms. The summed E-state index contributed by atoms with van der Waals surface area (Å²) in [5.41, 5.74) is 0.966. The van der Waals surface area contributed by atoms with Crippen LogP contribution < -0.4 is 20.1 Å². The molecular formula is C16H20N2O3. The molecule has 112 valence electrons. The van der Waals surface area contributed by atoms with Crippen molar-refractivity contribution in [3.8, 4) is 11.5 Å². The van der Waals surface area contributed by atoms with Crippen molar-refractivity contribution in [1.82, 2.24) is 10.6 Å². The standard InChI is InChI=1S/C16H20N2O3/c19-16(18-13-7-11-2-3-12(8-13)17-11)6-10-1-4-14-15(5-10)21-9-20-14/h1,4-5,11-13,17H,2-3,6-9H2,(H,18,19). The molecule has 2 N–H and O–H groups in total. The molecule has 3 aliphatic rings. The summed E-state index contributed by atoms with van der Waals surface area (Å²) in [5.74, 6) is 1.59. The van der Waals surface area contributed by atoms with Crippen LogP contribution in [0, 0.1) is 0 Å². The smallest absolute Gasteiger partial charge is 0.231 e. The van der Waals surface area contributed by atoms with Crippen molar-refractivity contribution in [3.63, 3.8) is 0 Å². The quantitative estimate of drug-likeness (QED) is 0.881. The van der Waals surface area contributed by atoms with Crippen LogP contribution in [-0.2, 0) is 11.2 Å². The Morgan fingerprint density at radius 2 is 1.95 bits per heavy atom. The maximum atomic E-state index is 12.2. The van der Waals surface area contributed by atoms with E-state index in [1.54, 1.807) is 0 Å². The van der Waals surface area contributed by atoms with Gasteiger partial charge in [0.05, 0.1) is 6.42 Å². The molecule has 3 heterocycles. The maximum Gasteiger partial charge on any atom is 0.231 e. The second-order valence-corrected chi connectivity index (χ2v) is 6.24. The minimum Gasteiger partial charge on any atom is -0.454 e. The number of hydrogen-bond donors (Lipinski definition) is 2. The average Bonchev–Trinajstić information content (AvgIpc) is 3.04. The second kappa shape index (κ2) is 5.22. The number of carbonyl (C=O) groups excluding carboxylic acids is 1. The first kappa shape index (κ1) is 13.0. The van der Waals surface area contributed by atoms with E-state index < -0.39 is 0 Å². The highest BCUT2D eigenvalue weighted by Gasteiger charge is 2.33. The van der Waals surface area contributed by atoms with Crippen molar-refractivity contribution in [3.05, 3.63) is 23.8 Å². The Morgan fingerprint density at radius 3 is 2.76 bits per heavy atom. The lowest BCUT2D eigenvalue weighted by molar-refractivity contribution is -0.121. The van der Waals surface area contributed by atoms with Gasteiger partial charge in [-0.3, -0.25) is 4.79 Å². The minimum atomic E-state index is 0.0974. The van der Waals surface area contributed by atoms with Gasteiger partial charge in [-0.1, -0.05) is 6.07 Å². The summed E-state index contributed by atoms with van der Waals surface area (Å²) in [7, 11) is 0. The largest absolute Gasteiger partial charge is 0.454 e. The monoisotopic (exact) mass is 288 g/mol. The highest BCUT2D eigenvalue weighted by molar-refractivity contribution is 5.79. The summed E-state index contributed by atoms with van der Waals surface area (Å²) in [6.45, 7) is 0.267. The fraction of sp³-hybridized carbons (Fsp3) is 0.562. The molecule has 2 bridgehead atoms. The molecular weight excluding hydrogens is 268 g/mol. The number of fused-ring (bicyclic) bond motifs is 3. The van der Waals surface area contributed by atoms with Crippen molar-refractivity contribution in [1.29, 1.82) is 0 Å². The number of amides is 1. The Bertz CT molecular complexity index is 548. The van der Waals surface area contributed by atoms with Crippen molar-refractivity contribution < 1.29 is 14.3 Å². The Morgan fingerprint density at radius 1 is 1.19 bits per heavy atom. The summed E-state index contributed by atoms with van der Waals surface area (Å²) < 4.78 is 10.6. The van der Waals surface area contributed by atoms with Gasteiger partial charge in [0.1, 0.15) is 0 Å². The average molecular weight is 288 g/mol. The van der Waals surface area contributed by atoms with Crippen LogP contribution in [0.3, 0.4) is 0 Å². The predicted octanol–water partition coefficient (Wildman–Crippen LogP) is 1.36. The summed E-state index contributed by atoms with van der Waals surface area (Å²) in [4.78, 5) is 12.2. The van der Waals surface area contributed by atoms with E-state index in [9.17, 15) is 4.79 Å². The van der Waals surface area contributed by atoms with Gasteiger partial charge in [-0.25, -0.2) is 0 Å². The van der Waals surface area contributed by atoms with E-state index in [1.165, 1.54) is 12.8 Å². The predicted molar refractivity (Wildman–Crippen MR) is 77.4 cm³/mol. The normalized spacial score (nSPS) is 29.4. The van der Waals surface area contributed by atoms with Crippen LogP contribution in [0.15, 0.2) is 18.2 Å². The van der Waals surface area contributed by atoms with Crippen LogP contribution in [0.5, 0.6) is 11.5 Å². The van der Waals surface area contributed by atoms with Gasteiger partial charge < -0.3 is 20.1 Å². The molecule has 0 saturated carbocycles. The lowest BCUT2D eigenvalue weighted by atomic mass is 9.99. The zero-order chi connectivity index (χ0) is 14.2. The molecule has 2 fully saturated rings. The molecule has 2 unspecified atom stereocenters. The van der Waals surface area contributed by atoms with Crippen molar-refractivity contribution in [2.24, 2.45) is 0 Å². The van der Waals surface area contributed by atoms with Crippen molar-refractivity contribution >= 4 is 5.91 Å². The van der Waals surface area contributed by atoms with E-state index in [0.717, 1.165) is 29.9 Å². The van der Waals surface area contributed by atoms with Crippen LogP contribution in [0.4, 0.5) is 0 Å². The Kier molecular flexibility index (Phi) is 3.22. The molecule has 5 heteroatoms. The van der Waals surface area contributed by atoms with Gasteiger partial charge in [0.2, 0.25) is 12.7 Å². The highest BCUT2D eigenvalue weighted by atomic mass is 16.7. The van der Waals surface area contributed by atoms with Gasteiger partial charge in [0, 0.05) is 18.1 Å². The summed E-state index contributed by atoms with van der Waals surface area (Å²) in [5, 5.41) is 6.77. The zero-order valence-corrected chi connectivity index (χ0v) is 11.9. The number of ether oxygens (including phenoxy) is 2. The maximum absolute atomic E-state index is 12.2. The third kappa shape index (κ3) is 2.70. The molecule has 2 saturated heterocycles. The van der Waals surface area contributed by atoms with E-state index in [1.807, 2.05) is 18.2 Å². The van der Waals surface area contributed by atoms with Gasteiger partial charge in [-0.2, -0.15) is 0 Å². The first-order valence-electron chi connectivity index (χ1n) is 7.70. The molecule has 4 rings (SSSR count). The third-order valence-electron chi connectivity index (χ3n) is 4.64. The number of benzene rings is 1. The molecule has 0 aliphatic carbocycles. The summed E-state index contributed by atoms with van der Waals surface area (Å²) in [6.07, 6.45) is 5.01. The highest BCUT2D eigenvalue weighted by Crippen LogP contribution is 2.32. The van der Waals surface area contributed by atoms with Crippen LogP contribution in [0.1, 0.15) is 31.2 Å². The van der Waals surface area contributed by atoms with Gasteiger partial charge >= 0.3 is 0 Å². The summed E-state index contributed by atoms with van der Waals surface area (Å²) in [6, 6.07) is 7.22. The Balaban J connectivity index is 1.35. The minimum absolute atomic E-state index is 0.0974. The zero-order valence-electron chi connectivity index (χ0n) is 11.9. The van der Waals surface area contributed by atoms with Gasteiger partial charge in [0.25, 0.3) is 0 Å². The lowest BCUT2D eigenvalue weighted by Crippen LogP contribution is -2.48. The van der Waals surface area contributed by atoms with Crippen molar-refractivity contribution in [2.75, 3.05) is 6.79 Å². The topological polar surface area (TPSA) is 59.6 Å². The molecule has 2 atom stereocenters. The number of carbonyl (C=O) groups is 1. The first-order chi connectivity index (χ1) is 10.3. The molecule has 3 aliphatic heterocycles. The van der Waals surface area contributed by atoms with Crippen LogP contribution in [-0.4, -0.2) is 30.8 Å². The molecule has 0 aromatic heterocycles. The number of nitrogens with one attached hydrogen (secondary N) is 2. The van der Waals surface area contributed by atoms with Gasteiger partial charge in [-0.15, -0.1) is 0 Å². The van der Waals surface area contributed by atoms with Crippen LogP contribution in [0.2, 0.25) is 0 Å². The number of hydrogen-bond acceptors (Lipinski definition) is 4. The fourth-order valence-electron chi connectivity index (χ4n) is 3.69. The van der Waals surface area contributed by atoms with Gasteiger partial charge in [-0.05, 0) is 43.4 Å². The van der Waals surface area contributed by atoms with Crippen LogP contribution >= 0.6 is 0 Å². The first-order valence-corrected chi connectivity index (χ1v) is 7.70. The number of rotatable bonds is 3. The van der Waals surface area contributed by atoms with E-state index in [0.29, 0.717) is 24.5 Å². The van der Waals surface area contributed by atoms with Gasteiger partial charge in [0.15, 0.2) is 11.5 Å². The Hall–Kier alpha value is -1.75. The fourth-order valence-corrected chi connectivity index (χ4v) is 3.69. The molecule has 1 aromatic carbocycles. The molecule has 1 aromatic rings. The SMILES string of the molecule is O=C(Cc1ccc2c(c1)OCO2)NC1CC2CCC(C1)N2. The Labute approximate surface area is 124 Å². The summed E-state index contributed by atoms with van der Waals surface area (Å²) >= 11 is 0. The molecule has 21 heavy (non-hydrogen) atoms. The molecule has 0 radical (unpaired) electrons. The third-order valence-corrected chi connectivity index (χ3v) is 4.64. The van der Waals surface area contributed by atoms with E-state index in [2.05, 4.69) is 10.6 Å². The van der Waals surface area contributed by atoms with E-state index >= 15 is 0 Å². The van der Waals surface area contributed by atoms with E-state index in [-0.39, 0.29) is 12.7 Å².